The molecule has 2 bridgehead atoms. The van der Waals surface area contributed by atoms with Gasteiger partial charge in [0, 0.05) is 36.3 Å². The molecule has 4 rings (SSSR count). The van der Waals surface area contributed by atoms with Crippen LogP contribution >= 0.6 is 0 Å². The van der Waals surface area contributed by atoms with Crippen molar-refractivity contribution >= 4 is 5.69 Å². The summed E-state index contributed by atoms with van der Waals surface area (Å²) in [7, 11) is 0. The van der Waals surface area contributed by atoms with Crippen LogP contribution in [-0.4, -0.2) is 30.2 Å². The normalized spacial score (nSPS) is 20.5. The largest absolute Gasteiger partial charge is 0.389 e. The smallest absolute Gasteiger partial charge is 0.130 e. The predicted molar refractivity (Wildman–Crippen MR) is 147 cm³/mol. The second-order valence-corrected chi connectivity index (χ2v) is 12.0. The Morgan fingerprint density at radius 1 is 1.19 bits per heavy atom. The minimum absolute atomic E-state index is 0.150. The van der Waals surface area contributed by atoms with Gasteiger partial charge in [-0.25, -0.2) is 8.78 Å². The van der Waals surface area contributed by atoms with Crippen LogP contribution in [0.1, 0.15) is 84.4 Å². The number of aryl methyl sites for hydroxylation is 1. The van der Waals surface area contributed by atoms with Gasteiger partial charge in [-0.15, -0.1) is 0 Å². The maximum Gasteiger partial charge on any atom is 0.130 e. The Labute approximate surface area is 220 Å². The first-order valence-corrected chi connectivity index (χ1v) is 13.6. The van der Waals surface area contributed by atoms with Crippen LogP contribution in [0.2, 0.25) is 0 Å². The van der Waals surface area contributed by atoms with Crippen molar-refractivity contribution in [2.75, 3.05) is 24.8 Å². The molecular weight excluding hydrogens is 471 g/mol. The highest BCUT2D eigenvalue weighted by Crippen LogP contribution is 2.49. The molecule has 37 heavy (non-hydrogen) atoms. The quantitative estimate of drug-likeness (QED) is 0.355. The van der Waals surface area contributed by atoms with E-state index in [1.807, 2.05) is 24.8 Å². The Kier molecular flexibility index (Phi) is 7.72. The summed E-state index contributed by atoms with van der Waals surface area (Å²) in [4.78, 5) is 1.98. The van der Waals surface area contributed by atoms with E-state index in [2.05, 4.69) is 31.8 Å². The number of hydrogen-bond donors (Lipinski definition) is 1. The molecule has 0 aromatic heterocycles. The molecule has 6 heteroatoms. The highest BCUT2D eigenvalue weighted by Gasteiger charge is 2.40. The van der Waals surface area contributed by atoms with Crippen molar-refractivity contribution in [1.82, 2.24) is 10.2 Å². The van der Waals surface area contributed by atoms with Crippen LogP contribution in [0.15, 0.2) is 59.0 Å². The lowest BCUT2D eigenvalue weighted by atomic mass is 9.80. The fraction of sp³-hybridized carbons (Fsp3) is 0.548. The third kappa shape index (κ3) is 5.55. The van der Waals surface area contributed by atoms with E-state index in [9.17, 15) is 4.39 Å². The molecule has 2 heterocycles. The summed E-state index contributed by atoms with van der Waals surface area (Å²) in [6.45, 7) is 17.1. The molecule has 0 amide bonds. The minimum atomic E-state index is -1.46. The standard InChI is InChI=1S/C31H42F3N3/c1-8-35-21(3)30(4,5)15-13-22-17-25(32)28-27(18-22)37(34)26-12-10-9-11-24(26)23-14-16-36(19-31(6,7)33)29(28)20(23)2/h9,11,17-18,29,35H,3,8,10,12-16,19H2,1-2,4-7H3. The molecule has 202 valence electrons. The highest BCUT2D eigenvalue weighted by molar-refractivity contribution is 5.66. The molecule has 1 unspecified atom stereocenters. The SMILES string of the molecule is C=C(NCC)C(C)(C)CCc1cc(F)c2c(c1)N(F)C1=C(C=CCC1)C1=C(C)C2N(CC(C)(C)F)CC1. The number of allylic oxidation sites excluding steroid dienone is 5. The van der Waals surface area contributed by atoms with Crippen LogP contribution in [0.3, 0.4) is 0 Å². The van der Waals surface area contributed by atoms with E-state index in [1.165, 1.54) is 0 Å². The van der Waals surface area contributed by atoms with E-state index in [0.29, 0.717) is 42.2 Å². The molecule has 0 spiro atoms. The molecule has 0 radical (unpaired) electrons. The summed E-state index contributed by atoms with van der Waals surface area (Å²) in [5.74, 6) is -0.430. The number of nitrogens with one attached hydrogen (secondary N) is 1. The summed E-state index contributed by atoms with van der Waals surface area (Å²) < 4.78 is 47.3. The van der Waals surface area contributed by atoms with Crippen molar-refractivity contribution in [3.63, 3.8) is 0 Å². The molecule has 2 aliphatic heterocycles. The van der Waals surface area contributed by atoms with Gasteiger partial charge in [-0.05, 0) is 94.2 Å². The van der Waals surface area contributed by atoms with Crippen molar-refractivity contribution in [1.29, 1.82) is 0 Å². The Balaban J connectivity index is 1.82. The van der Waals surface area contributed by atoms with Gasteiger partial charge in [-0.1, -0.05) is 37.1 Å². The fourth-order valence-corrected chi connectivity index (χ4v) is 5.99. The van der Waals surface area contributed by atoms with Crippen molar-refractivity contribution in [3.8, 4) is 0 Å². The third-order valence-electron chi connectivity index (χ3n) is 8.08. The lowest BCUT2D eigenvalue weighted by Gasteiger charge is -2.43. The molecule has 1 aromatic rings. The van der Waals surface area contributed by atoms with Gasteiger partial charge in [0.1, 0.15) is 11.5 Å². The summed E-state index contributed by atoms with van der Waals surface area (Å²) in [5, 5.41) is 4.01. The topological polar surface area (TPSA) is 18.5 Å². The number of hydrogen-bond acceptors (Lipinski definition) is 3. The molecule has 3 aliphatic rings. The van der Waals surface area contributed by atoms with Crippen LogP contribution in [0.5, 0.6) is 0 Å². The molecule has 1 N–H and O–H groups in total. The van der Waals surface area contributed by atoms with Gasteiger partial charge < -0.3 is 5.32 Å². The lowest BCUT2D eigenvalue weighted by Crippen LogP contribution is -2.43. The first-order chi connectivity index (χ1) is 17.3. The summed E-state index contributed by atoms with van der Waals surface area (Å²) in [6, 6.07) is 2.84. The zero-order valence-electron chi connectivity index (χ0n) is 23.3. The zero-order chi connectivity index (χ0) is 27.1. The second kappa shape index (κ2) is 10.4. The summed E-state index contributed by atoms with van der Waals surface area (Å²) >= 11 is 0. The van der Waals surface area contributed by atoms with E-state index < -0.39 is 17.5 Å². The Morgan fingerprint density at radius 3 is 2.59 bits per heavy atom. The maximum atomic E-state index is 16.4. The van der Waals surface area contributed by atoms with E-state index in [-0.39, 0.29) is 17.6 Å². The van der Waals surface area contributed by atoms with E-state index in [0.717, 1.165) is 47.4 Å². The Bertz CT molecular complexity index is 1150. The molecule has 1 aromatic carbocycles. The number of benzene rings is 1. The maximum absolute atomic E-state index is 16.4. The van der Waals surface area contributed by atoms with Gasteiger partial charge in [0.05, 0.1) is 17.4 Å². The van der Waals surface area contributed by atoms with Crippen molar-refractivity contribution in [2.45, 2.75) is 85.4 Å². The minimum Gasteiger partial charge on any atom is -0.389 e. The average Bonchev–Trinajstić information content (AvgIpc) is 2.82. The fourth-order valence-electron chi connectivity index (χ4n) is 5.99. The molecule has 1 aliphatic carbocycles. The Hall–Kier alpha value is -2.47. The van der Waals surface area contributed by atoms with Gasteiger partial charge in [-0.3, -0.25) is 4.90 Å². The number of anilines is 1. The summed E-state index contributed by atoms with van der Waals surface area (Å²) in [6.07, 6.45) is 7.42. The molecule has 0 fully saturated rings. The number of alkyl halides is 1. The van der Waals surface area contributed by atoms with Crippen LogP contribution in [0.25, 0.3) is 0 Å². The molecule has 3 nitrogen and oxygen atoms in total. The van der Waals surface area contributed by atoms with E-state index in [4.69, 9.17) is 0 Å². The van der Waals surface area contributed by atoms with Crippen molar-refractivity contribution in [3.05, 3.63) is 75.9 Å². The van der Waals surface area contributed by atoms with Crippen molar-refractivity contribution < 1.29 is 13.3 Å². The summed E-state index contributed by atoms with van der Waals surface area (Å²) in [5.41, 5.74) is 4.12. The van der Waals surface area contributed by atoms with Gasteiger partial charge in [0.15, 0.2) is 0 Å². The molecular formula is C31H42F3N3. The van der Waals surface area contributed by atoms with Crippen LogP contribution in [-0.2, 0) is 6.42 Å². The molecule has 1 atom stereocenters. The van der Waals surface area contributed by atoms with E-state index in [1.54, 1.807) is 26.0 Å². The van der Waals surface area contributed by atoms with Gasteiger partial charge in [0.25, 0.3) is 0 Å². The lowest BCUT2D eigenvalue weighted by molar-refractivity contribution is 0.0974. The first kappa shape index (κ1) is 27.6. The van der Waals surface area contributed by atoms with Crippen LogP contribution in [0, 0.1) is 11.2 Å². The van der Waals surface area contributed by atoms with Crippen LogP contribution < -0.4 is 10.4 Å². The second-order valence-electron chi connectivity index (χ2n) is 12.0. The predicted octanol–water partition coefficient (Wildman–Crippen LogP) is 8.03. The number of rotatable bonds is 8. The number of nitrogens with zero attached hydrogens (tertiary/aromatic N) is 2. The monoisotopic (exact) mass is 513 g/mol. The first-order valence-electron chi connectivity index (χ1n) is 13.6. The number of fused-ring (bicyclic) bond motifs is 4. The number of halogens is 3. The highest BCUT2D eigenvalue weighted by atomic mass is 19.2. The molecule has 0 saturated heterocycles. The van der Waals surface area contributed by atoms with Gasteiger partial charge in [0.2, 0.25) is 0 Å². The van der Waals surface area contributed by atoms with Crippen molar-refractivity contribution in [2.24, 2.45) is 5.41 Å². The Morgan fingerprint density at radius 2 is 1.92 bits per heavy atom. The zero-order valence-corrected chi connectivity index (χ0v) is 23.3. The van der Waals surface area contributed by atoms with Gasteiger partial charge in [-0.2, -0.15) is 5.12 Å². The van der Waals surface area contributed by atoms with Gasteiger partial charge >= 0.3 is 0 Å². The van der Waals surface area contributed by atoms with Crippen LogP contribution in [0.4, 0.5) is 18.9 Å². The third-order valence-corrected chi connectivity index (χ3v) is 8.08. The van der Waals surface area contributed by atoms with E-state index >= 15 is 8.87 Å². The average molecular weight is 514 g/mol. The molecule has 0 saturated carbocycles.